The number of anilines is 1. The zero-order valence-electron chi connectivity index (χ0n) is 7.66. The summed E-state index contributed by atoms with van der Waals surface area (Å²) in [5.74, 6) is 0. The Morgan fingerprint density at radius 3 is 1.85 bits per heavy atom. The minimum atomic E-state index is 0.897. The molecule has 13 heavy (non-hydrogen) atoms. The molecule has 0 aromatic carbocycles. The molecule has 0 saturated heterocycles. The standard InChI is InChI=1S/C12H13N/c1-2-10(1)13(11-3-4-11)12-6-8-5-9(8)7-12/h5-7,10-11H,1-4H2. The molecule has 0 N–H and O–H groups in total. The molecule has 0 heterocycles. The van der Waals surface area contributed by atoms with Gasteiger partial charge in [-0.05, 0) is 55.0 Å². The Morgan fingerprint density at radius 2 is 1.38 bits per heavy atom. The van der Waals surface area contributed by atoms with Crippen molar-refractivity contribution in [1.29, 1.82) is 0 Å². The Bertz CT molecular complexity index is 342. The molecule has 0 amide bonds. The molecule has 4 aliphatic carbocycles. The lowest BCUT2D eigenvalue weighted by Crippen LogP contribution is -2.27. The molecule has 0 radical (unpaired) electrons. The van der Waals surface area contributed by atoms with E-state index in [-0.39, 0.29) is 0 Å². The fourth-order valence-corrected chi connectivity index (χ4v) is 2.32. The van der Waals surface area contributed by atoms with Crippen molar-refractivity contribution in [1.82, 2.24) is 0 Å². The minimum Gasteiger partial charge on any atom is -0.366 e. The molecule has 0 atom stereocenters. The molecule has 0 aromatic heterocycles. The van der Waals surface area contributed by atoms with Gasteiger partial charge in [0, 0.05) is 17.8 Å². The van der Waals surface area contributed by atoms with E-state index in [1.165, 1.54) is 42.5 Å². The number of benzene rings is 1. The molecular formula is C12H13N. The van der Waals surface area contributed by atoms with Crippen molar-refractivity contribution in [2.75, 3.05) is 4.90 Å². The zero-order valence-corrected chi connectivity index (χ0v) is 7.66. The average Bonchev–Trinajstić information content (AvgIpc) is 2.93. The van der Waals surface area contributed by atoms with Crippen molar-refractivity contribution in [3.05, 3.63) is 18.2 Å². The van der Waals surface area contributed by atoms with Crippen LogP contribution in [0.3, 0.4) is 0 Å². The van der Waals surface area contributed by atoms with E-state index in [2.05, 4.69) is 23.1 Å². The Hall–Kier alpha value is -0.980. The monoisotopic (exact) mass is 171 g/mol. The molecule has 66 valence electrons. The van der Waals surface area contributed by atoms with Crippen LogP contribution in [-0.2, 0) is 0 Å². The largest absolute Gasteiger partial charge is 0.366 e. The summed E-state index contributed by atoms with van der Waals surface area (Å²) in [6.45, 7) is 0. The smallest absolute Gasteiger partial charge is 0.0383 e. The molecular weight excluding hydrogens is 158 g/mol. The number of hydrogen-bond donors (Lipinski definition) is 0. The molecule has 2 saturated carbocycles. The van der Waals surface area contributed by atoms with E-state index in [0.717, 1.165) is 12.1 Å². The van der Waals surface area contributed by atoms with Gasteiger partial charge in [0.1, 0.15) is 0 Å². The van der Waals surface area contributed by atoms with E-state index in [9.17, 15) is 0 Å². The van der Waals surface area contributed by atoms with E-state index in [4.69, 9.17) is 0 Å². The van der Waals surface area contributed by atoms with Gasteiger partial charge >= 0.3 is 0 Å². The van der Waals surface area contributed by atoms with Crippen molar-refractivity contribution in [2.24, 2.45) is 0 Å². The Kier molecular flexibility index (Phi) is 0.954. The van der Waals surface area contributed by atoms with Crippen LogP contribution < -0.4 is 4.90 Å². The fourth-order valence-electron chi connectivity index (χ4n) is 2.32. The van der Waals surface area contributed by atoms with Gasteiger partial charge in [-0.2, -0.15) is 0 Å². The second kappa shape index (κ2) is 1.92. The fraction of sp³-hybridized carbons (Fsp3) is 0.500. The van der Waals surface area contributed by atoms with Gasteiger partial charge in [-0.3, -0.25) is 0 Å². The maximum atomic E-state index is 2.68. The number of rotatable bonds is 3. The summed E-state index contributed by atoms with van der Waals surface area (Å²) in [6, 6.07) is 8.79. The lowest BCUT2D eigenvalue weighted by Gasteiger charge is -2.23. The summed E-state index contributed by atoms with van der Waals surface area (Å²) in [7, 11) is 0. The van der Waals surface area contributed by atoms with Gasteiger partial charge in [0.05, 0.1) is 0 Å². The number of hydrogen-bond acceptors (Lipinski definition) is 1. The first kappa shape index (κ1) is 6.47. The van der Waals surface area contributed by atoms with Crippen molar-refractivity contribution in [3.63, 3.8) is 0 Å². The van der Waals surface area contributed by atoms with Crippen LogP contribution in [0.2, 0.25) is 0 Å². The van der Waals surface area contributed by atoms with Crippen LogP contribution in [0.25, 0.3) is 11.1 Å². The van der Waals surface area contributed by atoms with Gasteiger partial charge in [0.25, 0.3) is 0 Å². The average molecular weight is 171 g/mol. The number of nitrogens with zero attached hydrogens (tertiary/aromatic N) is 1. The third-order valence-corrected chi connectivity index (χ3v) is 3.35. The van der Waals surface area contributed by atoms with Gasteiger partial charge < -0.3 is 4.90 Å². The molecule has 4 aliphatic rings. The Labute approximate surface area is 78.4 Å². The minimum absolute atomic E-state index is 0.897. The van der Waals surface area contributed by atoms with Crippen LogP contribution >= 0.6 is 0 Å². The zero-order chi connectivity index (χ0) is 8.41. The van der Waals surface area contributed by atoms with Crippen LogP contribution in [0.15, 0.2) is 18.2 Å². The highest BCUT2D eigenvalue weighted by molar-refractivity contribution is 5.87. The van der Waals surface area contributed by atoms with Crippen LogP contribution in [0.5, 0.6) is 0 Å². The summed E-state index contributed by atoms with van der Waals surface area (Å²) in [5.41, 5.74) is 4.49. The molecule has 0 unspecified atom stereocenters. The Balaban J connectivity index is 1.70. The first-order chi connectivity index (χ1) is 6.42. The summed E-state index contributed by atoms with van der Waals surface area (Å²) in [6.07, 6.45) is 5.71. The molecule has 2 fully saturated rings. The lowest BCUT2D eigenvalue weighted by atomic mass is 10.3. The van der Waals surface area contributed by atoms with Crippen LogP contribution in [0.4, 0.5) is 5.69 Å². The van der Waals surface area contributed by atoms with Crippen molar-refractivity contribution >= 4 is 5.69 Å². The third kappa shape index (κ3) is 0.932. The van der Waals surface area contributed by atoms with E-state index >= 15 is 0 Å². The van der Waals surface area contributed by atoms with Crippen molar-refractivity contribution in [3.8, 4) is 11.1 Å². The van der Waals surface area contributed by atoms with Crippen LogP contribution in [0.1, 0.15) is 25.7 Å². The molecule has 0 aromatic rings. The predicted molar refractivity (Wildman–Crippen MR) is 54.0 cm³/mol. The van der Waals surface area contributed by atoms with Crippen molar-refractivity contribution < 1.29 is 0 Å². The van der Waals surface area contributed by atoms with E-state index < -0.39 is 0 Å². The van der Waals surface area contributed by atoms with Gasteiger partial charge in [-0.25, -0.2) is 0 Å². The summed E-state index contributed by atoms with van der Waals surface area (Å²) < 4.78 is 0. The summed E-state index contributed by atoms with van der Waals surface area (Å²) >= 11 is 0. The highest BCUT2D eigenvalue weighted by Crippen LogP contribution is 2.46. The quantitative estimate of drug-likeness (QED) is 0.686. The molecule has 1 nitrogen and oxygen atoms in total. The van der Waals surface area contributed by atoms with Gasteiger partial charge in [-0.1, -0.05) is 0 Å². The Morgan fingerprint density at radius 1 is 0.846 bits per heavy atom. The molecule has 0 bridgehead atoms. The lowest BCUT2D eigenvalue weighted by molar-refractivity contribution is 0.791. The third-order valence-electron chi connectivity index (χ3n) is 3.35. The maximum Gasteiger partial charge on any atom is 0.0383 e. The topological polar surface area (TPSA) is 3.24 Å². The molecule has 4 rings (SSSR count). The normalized spacial score (nSPS) is 23.1. The molecule has 1 heteroatoms. The highest BCUT2D eigenvalue weighted by atomic mass is 15.2. The summed E-state index contributed by atoms with van der Waals surface area (Å²) in [5, 5.41) is 0. The first-order valence-electron chi connectivity index (χ1n) is 5.36. The first-order valence-corrected chi connectivity index (χ1v) is 5.36. The van der Waals surface area contributed by atoms with Gasteiger partial charge in [0.2, 0.25) is 0 Å². The predicted octanol–water partition coefficient (Wildman–Crippen LogP) is 2.80. The van der Waals surface area contributed by atoms with Crippen LogP contribution in [0, 0.1) is 0 Å². The second-order valence-electron chi connectivity index (χ2n) is 4.64. The maximum absolute atomic E-state index is 2.68. The van der Waals surface area contributed by atoms with E-state index in [1.807, 2.05) is 0 Å². The summed E-state index contributed by atoms with van der Waals surface area (Å²) in [4.78, 5) is 2.68. The number of fused-ring (bicyclic) bond motifs is 1. The molecule has 0 aliphatic heterocycles. The molecule has 0 spiro atoms. The van der Waals surface area contributed by atoms with Gasteiger partial charge in [-0.15, -0.1) is 0 Å². The van der Waals surface area contributed by atoms with Gasteiger partial charge in [0.15, 0.2) is 0 Å². The van der Waals surface area contributed by atoms with E-state index in [0.29, 0.717) is 0 Å². The van der Waals surface area contributed by atoms with Crippen LogP contribution in [-0.4, -0.2) is 12.1 Å². The SMILES string of the molecule is c1c2cc(N(C3CC3)C3CC3)cc1-2. The highest BCUT2D eigenvalue weighted by Gasteiger charge is 2.40. The van der Waals surface area contributed by atoms with E-state index in [1.54, 1.807) is 0 Å². The second-order valence-corrected chi connectivity index (χ2v) is 4.64. The van der Waals surface area contributed by atoms with Crippen molar-refractivity contribution in [2.45, 2.75) is 37.8 Å².